The Kier molecular flexibility index (Phi) is 4.89. The molecule has 0 aliphatic carbocycles. The van der Waals surface area contributed by atoms with Gasteiger partial charge < -0.3 is 4.79 Å². The standard InChI is InChI=1S/C19H20O/c1-15-6-3-7-16(2)19(15)12-11-18-9-4-8-17(14-18)10-5-13-20/h3-4,6-9,11-14H,5,10H2,1-2H3/b12-11-. The van der Waals surface area contributed by atoms with Crippen LogP contribution in [0.1, 0.15) is 34.2 Å². The van der Waals surface area contributed by atoms with Crippen LogP contribution in [0.25, 0.3) is 12.2 Å². The molecule has 2 rings (SSSR count). The van der Waals surface area contributed by atoms with E-state index in [4.69, 9.17) is 0 Å². The molecule has 102 valence electrons. The average molecular weight is 264 g/mol. The maximum atomic E-state index is 10.4. The Morgan fingerprint density at radius 3 is 2.35 bits per heavy atom. The quantitative estimate of drug-likeness (QED) is 0.569. The van der Waals surface area contributed by atoms with Crippen molar-refractivity contribution in [1.82, 2.24) is 0 Å². The Balaban J connectivity index is 2.21. The third kappa shape index (κ3) is 3.67. The molecule has 0 bridgehead atoms. The number of aldehydes is 1. The molecule has 0 spiro atoms. The summed E-state index contributed by atoms with van der Waals surface area (Å²) in [5.41, 5.74) is 6.25. The number of carbonyl (C=O) groups excluding carboxylic acids is 1. The van der Waals surface area contributed by atoms with Crippen LogP contribution in [0.2, 0.25) is 0 Å². The molecule has 0 amide bonds. The zero-order valence-corrected chi connectivity index (χ0v) is 12.1. The largest absolute Gasteiger partial charge is 0.303 e. The predicted molar refractivity (Wildman–Crippen MR) is 85.7 cm³/mol. The van der Waals surface area contributed by atoms with Crippen molar-refractivity contribution in [3.05, 3.63) is 70.3 Å². The molecule has 0 unspecified atom stereocenters. The second-order valence-corrected chi connectivity index (χ2v) is 5.09. The molecule has 0 aliphatic heterocycles. The predicted octanol–water partition coefficient (Wildman–Crippen LogP) is 4.61. The van der Waals surface area contributed by atoms with Crippen LogP contribution >= 0.6 is 0 Å². The molecule has 0 radical (unpaired) electrons. The minimum atomic E-state index is 0.587. The molecule has 0 aliphatic rings. The number of aryl methyl sites for hydroxylation is 3. The van der Waals surface area contributed by atoms with Crippen molar-refractivity contribution in [3.8, 4) is 0 Å². The topological polar surface area (TPSA) is 17.1 Å². The summed E-state index contributed by atoms with van der Waals surface area (Å²) in [6.07, 6.45) is 6.68. The first-order valence-corrected chi connectivity index (χ1v) is 6.97. The number of benzene rings is 2. The first-order chi connectivity index (χ1) is 9.70. The van der Waals surface area contributed by atoms with Gasteiger partial charge in [-0.1, -0.05) is 54.6 Å². The number of hydrogen-bond acceptors (Lipinski definition) is 1. The summed E-state index contributed by atoms with van der Waals surface area (Å²) >= 11 is 0. The van der Waals surface area contributed by atoms with E-state index < -0.39 is 0 Å². The van der Waals surface area contributed by atoms with Gasteiger partial charge in [0.2, 0.25) is 0 Å². The molecule has 0 atom stereocenters. The Morgan fingerprint density at radius 1 is 0.950 bits per heavy atom. The maximum Gasteiger partial charge on any atom is 0.120 e. The van der Waals surface area contributed by atoms with E-state index in [1.54, 1.807) is 0 Å². The van der Waals surface area contributed by atoms with Gasteiger partial charge >= 0.3 is 0 Å². The average Bonchev–Trinajstić information content (AvgIpc) is 2.45. The van der Waals surface area contributed by atoms with E-state index in [0.717, 1.165) is 12.7 Å². The highest BCUT2D eigenvalue weighted by atomic mass is 16.1. The summed E-state index contributed by atoms with van der Waals surface area (Å²) < 4.78 is 0. The van der Waals surface area contributed by atoms with Crippen LogP contribution in [0, 0.1) is 13.8 Å². The summed E-state index contributed by atoms with van der Waals surface area (Å²) in [6, 6.07) is 14.7. The summed E-state index contributed by atoms with van der Waals surface area (Å²) in [5, 5.41) is 0. The number of carbonyl (C=O) groups is 1. The van der Waals surface area contributed by atoms with Crippen LogP contribution in [-0.2, 0) is 11.2 Å². The molecule has 0 N–H and O–H groups in total. The fourth-order valence-electron chi connectivity index (χ4n) is 2.35. The van der Waals surface area contributed by atoms with E-state index in [1.807, 2.05) is 6.07 Å². The molecule has 2 aromatic rings. The molecule has 1 nitrogen and oxygen atoms in total. The number of hydrogen-bond donors (Lipinski definition) is 0. The first-order valence-electron chi connectivity index (χ1n) is 6.97. The normalized spacial score (nSPS) is 10.9. The van der Waals surface area contributed by atoms with Gasteiger partial charge in [0.1, 0.15) is 6.29 Å². The van der Waals surface area contributed by atoms with Crippen LogP contribution < -0.4 is 0 Å². The van der Waals surface area contributed by atoms with E-state index in [1.165, 1.54) is 27.8 Å². The fraction of sp³-hybridized carbons (Fsp3) is 0.211. The van der Waals surface area contributed by atoms with E-state index in [9.17, 15) is 4.79 Å². The minimum absolute atomic E-state index is 0.587. The molecule has 2 aromatic carbocycles. The lowest BCUT2D eigenvalue weighted by atomic mass is 10.0. The van der Waals surface area contributed by atoms with Crippen LogP contribution in [0.15, 0.2) is 42.5 Å². The second-order valence-electron chi connectivity index (χ2n) is 5.09. The van der Waals surface area contributed by atoms with Gasteiger partial charge in [-0.2, -0.15) is 0 Å². The molecule has 0 saturated heterocycles. The highest BCUT2D eigenvalue weighted by molar-refractivity contribution is 5.72. The van der Waals surface area contributed by atoms with E-state index in [2.05, 4.69) is 62.4 Å². The highest BCUT2D eigenvalue weighted by Crippen LogP contribution is 2.17. The summed E-state index contributed by atoms with van der Waals surface area (Å²) in [5.74, 6) is 0. The van der Waals surface area contributed by atoms with Crippen LogP contribution in [0.4, 0.5) is 0 Å². The molecule has 1 heteroatoms. The minimum Gasteiger partial charge on any atom is -0.303 e. The van der Waals surface area contributed by atoms with Crippen molar-refractivity contribution < 1.29 is 4.79 Å². The lowest BCUT2D eigenvalue weighted by Crippen LogP contribution is -1.87. The lowest BCUT2D eigenvalue weighted by Gasteiger charge is -2.05. The van der Waals surface area contributed by atoms with Gasteiger partial charge in [0.15, 0.2) is 0 Å². The zero-order valence-electron chi connectivity index (χ0n) is 12.1. The second kappa shape index (κ2) is 6.85. The van der Waals surface area contributed by atoms with E-state index >= 15 is 0 Å². The van der Waals surface area contributed by atoms with Crippen LogP contribution in [-0.4, -0.2) is 6.29 Å². The molecular weight excluding hydrogens is 244 g/mol. The molecule has 0 fully saturated rings. The summed E-state index contributed by atoms with van der Waals surface area (Å²) in [6.45, 7) is 4.26. The third-order valence-corrected chi connectivity index (χ3v) is 3.49. The Labute approximate surface area is 121 Å². The van der Waals surface area contributed by atoms with Gasteiger partial charge in [0.25, 0.3) is 0 Å². The number of rotatable bonds is 5. The Bertz CT molecular complexity index is 603. The molecule has 20 heavy (non-hydrogen) atoms. The van der Waals surface area contributed by atoms with Crippen molar-refractivity contribution in [2.75, 3.05) is 0 Å². The van der Waals surface area contributed by atoms with Crippen LogP contribution in [0.5, 0.6) is 0 Å². The lowest BCUT2D eigenvalue weighted by molar-refractivity contribution is -0.107. The van der Waals surface area contributed by atoms with E-state index in [0.29, 0.717) is 6.42 Å². The van der Waals surface area contributed by atoms with Gasteiger partial charge in [-0.15, -0.1) is 0 Å². The smallest absolute Gasteiger partial charge is 0.120 e. The van der Waals surface area contributed by atoms with Gasteiger partial charge in [-0.25, -0.2) is 0 Å². The fourth-order valence-corrected chi connectivity index (χ4v) is 2.35. The van der Waals surface area contributed by atoms with Crippen molar-refractivity contribution in [2.45, 2.75) is 26.7 Å². The third-order valence-electron chi connectivity index (χ3n) is 3.49. The Morgan fingerprint density at radius 2 is 1.65 bits per heavy atom. The molecule has 0 heterocycles. The van der Waals surface area contributed by atoms with Crippen molar-refractivity contribution in [2.24, 2.45) is 0 Å². The molecule has 0 aromatic heterocycles. The molecule has 0 saturated carbocycles. The zero-order chi connectivity index (χ0) is 14.4. The van der Waals surface area contributed by atoms with Crippen molar-refractivity contribution in [1.29, 1.82) is 0 Å². The van der Waals surface area contributed by atoms with Gasteiger partial charge in [0, 0.05) is 6.42 Å². The van der Waals surface area contributed by atoms with Crippen LogP contribution in [0.3, 0.4) is 0 Å². The SMILES string of the molecule is Cc1cccc(C)c1/C=C\c1cccc(CCC=O)c1. The summed E-state index contributed by atoms with van der Waals surface area (Å²) in [4.78, 5) is 10.4. The maximum absolute atomic E-state index is 10.4. The Hall–Kier alpha value is -2.15. The summed E-state index contributed by atoms with van der Waals surface area (Å²) in [7, 11) is 0. The first kappa shape index (κ1) is 14.3. The van der Waals surface area contributed by atoms with Crippen molar-refractivity contribution in [3.63, 3.8) is 0 Å². The highest BCUT2D eigenvalue weighted by Gasteiger charge is 1.98. The monoisotopic (exact) mass is 264 g/mol. The van der Waals surface area contributed by atoms with Gasteiger partial charge in [-0.05, 0) is 48.1 Å². The van der Waals surface area contributed by atoms with E-state index in [-0.39, 0.29) is 0 Å². The van der Waals surface area contributed by atoms with Gasteiger partial charge in [0.05, 0.1) is 0 Å². The molecular formula is C19H20O. The van der Waals surface area contributed by atoms with Gasteiger partial charge in [-0.3, -0.25) is 0 Å². The van der Waals surface area contributed by atoms with Crippen molar-refractivity contribution >= 4 is 18.4 Å².